The fraction of sp³-hybridized carbons (Fsp3) is 0.300. The summed E-state index contributed by atoms with van der Waals surface area (Å²) in [6, 6.07) is 7.45. The summed E-state index contributed by atoms with van der Waals surface area (Å²) in [4.78, 5) is 35.2. The number of amides is 1. The van der Waals surface area contributed by atoms with Gasteiger partial charge in [0.25, 0.3) is 11.6 Å². The molecule has 2 aromatic carbocycles. The van der Waals surface area contributed by atoms with Gasteiger partial charge in [-0.3, -0.25) is 14.9 Å². The average Bonchev–Trinajstić information content (AvgIpc) is 2.63. The van der Waals surface area contributed by atoms with Crippen molar-refractivity contribution < 1.29 is 24.0 Å². The van der Waals surface area contributed by atoms with Gasteiger partial charge in [0.15, 0.2) is 6.10 Å². The van der Waals surface area contributed by atoms with Crippen molar-refractivity contribution in [1.29, 1.82) is 0 Å². The Bertz CT molecular complexity index is 915. The molecule has 0 aliphatic heterocycles. The number of anilines is 1. The van der Waals surface area contributed by atoms with Gasteiger partial charge >= 0.3 is 5.97 Å². The van der Waals surface area contributed by atoms with E-state index in [1.54, 1.807) is 0 Å². The molecule has 2 rings (SSSR count). The minimum atomic E-state index is -1.11. The van der Waals surface area contributed by atoms with Crippen LogP contribution >= 0.6 is 0 Å². The first-order chi connectivity index (χ1) is 13.1. The number of methoxy groups -OCH3 is 1. The van der Waals surface area contributed by atoms with E-state index in [1.165, 1.54) is 26.2 Å². The number of ether oxygens (including phenoxy) is 2. The largest absolute Gasteiger partial charge is 0.496 e. The Hall–Kier alpha value is -3.42. The number of benzene rings is 2. The quantitative estimate of drug-likeness (QED) is 0.461. The molecule has 8 nitrogen and oxygen atoms in total. The summed E-state index contributed by atoms with van der Waals surface area (Å²) in [5.74, 6) is -1.28. The molecule has 0 saturated heterocycles. The zero-order valence-electron chi connectivity index (χ0n) is 16.4. The first-order valence-corrected chi connectivity index (χ1v) is 8.56. The zero-order chi connectivity index (χ0) is 21.0. The van der Waals surface area contributed by atoms with Gasteiger partial charge in [-0.05, 0) is 44.9 Å². The van der Waals surface area contributed by atoms with E-state index < -0.39 is 22.9 Å². The number of rotatable bonds is 6. The molecule has 0 spiro atoms. The summed E-state index contributed by atoms with van der Waals surface area (Å²) < 4.78 is 10.3. The van der Waals surface area contributed by atoms with E-state index in [4.69, 9.17) is 9.47 Å². The second-order valence-corrected chi connectivity index (χ2v) is 6.45. The lowest BCUT2D eigenvalue weighted by molar-refractivity contribution is -0.384. The molecule has 148 valence electrons. The lowest BCUT2D eigenvalue weighted by Gasteiger charge is -2.17. The molecule has 0 aliphatic rings. The van der Waals surface area contributed by atoms with Crippen molar-refractivity contribution in [3.8, 4) is 5.75 Å². The second-order valence-electron chi connectivity index (χ2n) is 6.45. The summed E-state index contributed by atoms with van der Waals surface area (Å²) in [5.41, 5.74) is 3.11. The third-order valence-electron chi connectivity index (χ3n) is 4.19. The lowest BCUT2D eigenvalue weighted by Crippen LogP contribution is -2.30. The van der Waals surface area contributed by atoms with Crippen LogP contribution in [0.1, 0.15) is 34.0 Å². The molecule has 0 saturated carbocycles. The Morgan fingerprint density at radius 2 is 1.71 bits per heavy atom. The van der Waals surface area contributed by atoms with Gasteiger partial charge < -0.3 is 14.8 Å². The maximum absolute atomic E-state index is 12.5. The monoisotopic (exact) mass is 386 g/mol. The van der Waals surface area contributed by atoms with Gasteiger partial charge in [-0.15, -0.1) is 0 Å². The number of hydrogen-bond donors (Lipinski definition) is 1. The summed E-state index contributed by atoms with van der Waals surface area (Å²) in [5, 5.41) is 13.7. The molecule has 0 bridgehead atoms. The van der Waals surface area contributed by atoms with Gasteiger partial charge in [-0.25, -0.2) is 4.79 Å². The smallest absolute Gasteiger partial charge is 0.342 e. The molecule has 0 aliphatic carbocycles. The van der Waals surface area contributed by atoms with Crippen molar-refractivity contribution in [1.82, 2.24) is 0 Å². The molecule has 1 amide bonds. The normalized spacial score (nSPS) is 11.5. The standard InChI is InChI=1S/C20H22N2O6/c1-11-8-12(2)18(13(3)9-11)21-19(23)14(4)28-20(24)16-10-15(22(25)26)6-7-17(16)27-5/h6-10,14H,1-5H3,(H,21,23)/t14-/m1/s1. The number of nitro benzene ring substituents is 1. The number of hydrogen-bond acceptors (Lipinski definition) is 6. The molecule has 1 N–H and O–H groups in total. The Kier molecular flexibility index (Phi) is 6.35. The summed E-state index contributed by atoms with van der Waals surface area (Å²) in [6.45, 7) is 7.14. The molecule has 28 heavy (non-hydrogen) atoms. The van der Waals surface area contributed by atoms with E-state index in [-0.39, 0.29) is 17.0 Å². The van der Waals surface area contributed by atoms with E-state index in [2.05, 4.69) is 5.32 Å². The first-order valence-electron chi connectivity index (χ1n) is 8.56. The number of non-ortho nitro benzene ring substituents is 1. The van der Waals surface area contributed by atoms with Crippen LogP contribution in [0.5, 0.6) is 5.75 Å². The van der Waals surface area contributed by atoms with E-state index in [1.807, 2.05) is 32.9 Å². The Labute approximate surface area is 162 Å². The van der Waals surface area contributed by atoms with Crippen molar-refractivity contribution in [2.75, 3.05) is 12.4 Å². The maximum Gasteiger partial charge on any atom is 0.342 e. The maximum atomic E-state index is 12.5. The van der Waals surface area contributed by atoms with Crippen LogP contribution in [0.4, 0.5) is 11.4 Å². The molecule has 1 atom stereocenters. The number of nitro groups is 1. The van der Waals surface area contributed by atoms with Gasteiger partial charge in [0, 0.05) is 17.8 Å². The Morgan fingerprint density at radius 1 is 1.11 bits per heavy atom. The predicted molar refractivity (Wildman–Crippen MR) is 104 cm³/mol. The Balaban J connectivity index is 2.17. The third kappa shape index (κ3) is 4.64. The molecular weight excluding hydrogens is 364 g/mol. The van der Waals surface area contributed by atoms with Crippen LogP contribution in [0.15, 0.2) is 30.3 Å². The second kappa shape index (κ2) is 8.51. The fourth-order valence-electron chi connectivity index (χ4n) is 2.85. The van der Waals surface area contributed by atoms with Crippen molar-refractivity contribution in [2.24, 2.45) is 0 Å². The lowest BCUT2D eigenvalue weighted by atomic mass is 10.0. The SMILES string of the molecule is COc1ccc([N+](=O)[O-])cc1C(=O)O[C@H](C)C(=O)Nc1c(C)cc(C)cc1C. The van der Waals surface area contributed by atoms with E-state index in [0.29, 0.717) is 5.69 Å². The van der Waals surface area contributed by atoms with E-state index in [9.17, 15) is 19.7 Å². The minimum absolute atomic E-state index is 0.119. The van der Waals surface area contributed by atoms with Gasteiger partial charge in [-0.2, -0.15) is 0 Å². The highest BCUT2D eigenvalue weighted by Gasteiger charge is 2.24. The van der Waals surface area contributed by atoms with Gasteiger partial charge in [0.05, 0.1) is 12.0 Å². The van der Waals surface area contributed by atoms with Gasteiger partial charge in [0.1, 0.15) is 11.3 Å². The number of carbonyl (C=O) groups is 2. The third-order valence-corrected chi connectivity index (χ3v) is 4.19. The number of aryl methyl sites for hydroxylation is 3. The minimum Gasteiger partial charge on any atom is -0.496 e. The van der Waals surface area contributed by atoms with Crippen molar-refractivity contribution in [3.05, 3.63) is 62.7 Å². The number of esters is 1. The van der Waals surface area contributed by atoms with Gasteiger partial charge in [0.2, 0.25) is 0 Å². The molecule has 0 heterocycles. The molecule has 2 aromatic rings. The fourth-order valence-corrected chi connectivity index (χ4v) is 2.85. The van der Waals surface area contributed by atoms with Crippen molar-refractivity contribution in [3.63, 3.8) is 0 Å². The van der Waals surface area contributed by atoms with Gasteiger partial charge in [-0.1, -0.05) is 17.7 Å². The molecule has 0 radical (unpaired) electrons. The average molecular weight is 386 g/mol. The van der Waals surface area contributed by atoms with Crippen LogP contribution in [0.2, 0.25) is 0 Å². The van der Waals surface area contributed by atoms with E-state index in [0.717, 1.165) is 22.8 Å². The van der Waals surface area contributed by atoms with Crippen LogP contribution in [0.25, 0.3) is 0 Å². The summed E-state index contributed by atoms with van der Waals surface area (Å²) >= 11 is 0. The molecular formula is C20H22N2O6. The number of carbonyl (C=O) groups excluding carboxylic acids is 2. The number of nitrogens with one attached hydrogen (secondary N) is 1. The zero-order valence-corrected chi connectivity index (χ0v) is 16.4. The van der Waals surface area contributed by atoms with Crippen LogP contribution in [0, 0.1) is 30.9 Å². The van der Waals surface area contributed by atoms with Crippen LogP contribution in [0.3, 0.4) is 0 Å². The first kappa shape index (κ1) is 20.9. The molecule has 0 fully saturated rings. The Morgan fingerprint density at radius 3 is 2.25 bits per heavy atom. The summed E-state index contributed by atoms with van der Waals surface area (Å²) in [6.07, 6.45) is -1.11. The summed E-state index contributed by atoms with van der Waals surface area (Å²) in [7, 11) is 1.33. The van der Waals surface area contributed by atoms with Crippen LogP contribution < -0.4 is 10.1 Å². The number of nitrogens with zero attached hydrogens (tertiary/aromatic N) is 1. The van der Waals surface area contributed by atoms with Crippen molar-refractivity contribution >= 4 is 23.3 Å². The highest BCUT2D eigenvalue weighted by atomic mass is 16.6. The topological polar surface area (TPSA) is 108 Å². The van der Waals surface area contributed by atoms with Crippen LogP contribution in [-0.4, -0.2) is 30.0 Å². The van der Waals surface area contributed by atoms with Crippen molar-refractivity contribution in [2.45, 2.75) is 33.8 Å². The molecule has 8 heteroatoms. The highest BCUT2D eigenvalue weighted by molar-refractivity contribution is 5.99. The van der Waals surface area contributed by atoms with E-state index >= 15 is 0 Å². The molecule has 0 unspecified atom stereocenters. The predicted octanol–water partition coefficient (Wildman–Crippen LogP) is 3.71. The highest BCUT2D eigenvalue weighted by Crippen LogP contribution is 2.26. The molecule has 0 aromatic heterocycles. The van der Waals surface area contributed by atoms with Crippen LogP contribution in [-0.2, 0) is 9.53 Å².